The van der Waals surface area contributed by atoms with Crippen LogP contribution in [-0.2, 0) is 9.59 Å². The zero-order valence-corrected chi connectivity index (χ0v) is 10.5. The largest absolute Gasteiger partial charge is 0.482 e. The number of nitrogens with two attached hydrogens (primary N) is 2. The molecule has 0 bridgehead atoms. The highest BCUT2D eigenvalue weighted by atomic mass is 16.5. The Balaban J connectivity index is 1.86. The van der Waals surface area contributed by atoms with Gasteiger partial charge in [0.2, 0.25) is 5.91 Å². The molecule has 4 N–H and O–H groups in total. The number of anilines is 1. The summed E-state index contributed by atoms with van der Waals surface area (Å²) in [7, 11) is 0. The lowest BCUT2D eigenvalue weighted by atomic mass is 10.1. The third-order valence-electron chi connectivity index (χ3n) is 3.21. The van der Waals surface area contributed by atoms with Crippen molar-refractivity contribution in [3.05, 3.63) is 24.3 Å². The van der Waals surface area contributed by atoms with Gasteiger partial charge in [0.25, 0.3) is 5.91 Å². The van der Waals surface area contributed by atoms with Gasteiger partial charge in [-0.15, -0.1) is 0 Å². The number of ether oxygens (including phenoxy) is 1. The van der Waals surface area contributed by atoms with Gasteiger partial charge in [0.05, 0.1) is 11.6 Å². The van der Waals surface area contributed by atoms with Crippen molar-refractivity contribution in [3.63, 3.8) is 0 Å². The van der Waals surface area contributed by atoms with E-state index in [2.05, 4.69) is 0 Å². The summed E-state index contributed by atoms with van der Waals surface area (Å²) in [6.07, 6.45) is 0.620. The molecular formula is C13H17N3O3. The van der Waals surface area contributed by atoms with Gasteiger partial charge in [0.15, 0.2) is 6.61 Å². The van der Waals surface area contributed by atoms with Crippen LogP contribution in [0.15, 0.2) is 24.3 Å². The van der Waals surface area contributed by atoms with Crippen LogP contribution >= 0.6 is 0 Å². The van der Waals surface area contributed by atoms with Crippen molar-refractivity contribution in [2.75, 3.05) is 25.4 Å². The predicted molar refractivity (Wildman–Crippen MR) is 70.2 cm³/mol. The first-order valence-corrected chi connectivity index (χ1v) is 6.12. The molecule has 0 aliphatic carbocycles. The van der Waals surface area contributed by atoms with Crippen LogP contribution in [0.5, 0.6) is 5.75 Å². The minimum atomic E-state index is -0.358. The number of rotatable bonds is 4. The van der Waals surface area contributed by atoms with Gasteiger partial charge < -0.3 is 21.1 Å². The predicted octanol–water partition coefficient (Wildman–Crippen LogP) is -0.0186. The van der Waals surface area contributed by atoms with Crippen molar-refractivity contribution in [2.45, 2.75) is 6.42 Å². The number of benzene rings is 1. The highest BCUT2D eigenvalue weighted by Gasteiger charge is 2.29. The molecule has 1 aliphatic heterocycles. The van der Waals surface area contributed by atoms with Crippen LogP contribution in [0.2, 0.25) is 0 Å². The van der Waals surface area contributed by atoms with E-state index < -0.39 is 0 Å². The van der Waals surface area contributed by atoms with Gasteiger partial charge in [-0.1, -0.05) is 12.1 Å². The topological polar surface area (TPSA) is 98.7 Å². The Labute approximate surface area is 111 Å². The minimum Gasteiger partial charge on any atom is -0.482 e. The summed E-state index contributed by atoms with van der Waals surface area (Å²) in [6, 6.07) is 6.99. The molecule has 0 spiro atoms. The normalized spacial score (nSPS) is 18.3. The Hall–Kier alpha value is -2.24. The zero-order chi connectivity index (χ0) is 13.8. The molecule has 1 saturated heterocycles. The molecule has 1 aromatic carbocycles. The van der Waals surface area contributed by atoms with Gasteiger partial charge in [-0.25, -0.2) is 0 Å². The van der Waals surface area contributed by atoms with Crippen LogP contribution in [-0.4, -0.2) is 36.4 Å². The van der Waals surface area contributed by atoms with Crippen LogP contribution in [0, 0.1) is 5.92 Å². The van der Waals surface area contributed by atoms with Gasteiger partial charge in [-0.2, -0.15) is 0 Å². The number of hydrogen-bond donors (Lipinski definition) is 2. The summed E-state index contributed by atoms with van der Waals surface area (Å²) in [5, 5.41) is 0. The molecule has 1 fully saturated rings. The summed E-state index contributed by atoms with van der Waals surface area (Å²) in [5.41, 5.74) is 11.4. The average Bonchev–Trinajstić information content (AvgIpc) is 2.87. The fourth-order valence-electron chi connectivity index (χ4n) is 2.06. The van der Waals surface area contributed by atoms with E-state index in [9.17, 15) is 9.59 Å². The van der Waals surface area contributed by atoms with E-state index >= 15 is 0 Å². The quantitative estimate of drug-likeness (QED) is 0.746. The van der Waals surface area contributed by atoms with Crippen molar-refractivity contribution in [2.24, 2.45) is 11.7 Å². The Morgan fingerprint density at radius 3 is 2.74 bits per heavy atom. The molecule has 0 saturated carbocycles. The van der Waals surface area contributed by atoms with Crippen molar-refractivity contribution in [1.82, 2.24) is 4.90 Å². The van der Waals surface area contributed by atoms with Gasteiger partial charge in [0, 0.05) is 13.1 Å². The van der Waals surface area contributed by atoms with E-state index in [4.69, 9.17) is 16.2 Å². The number of para-hydroxylation sites is 2. The molecule has 2 rings (SSSR count). The van der Waals surface area contributed by atoms with Crippen LogP contribution in [0.25, 0.3) is 0 Å². The van der Waals surface area contributed by atoms with Gasteiger partial charge in [-0.05, 0) is 18.6 Å². The molecule has 0 aromatic heterocycles. The van der Waals surface area contributed by atoms with E-state index in [1.165, 1.54) is 0 Å². The van der Waals surface area contributed by atoms with E-state index in [0.717, 1.165) is 0 Å². The maximum absolute atomic E-state index is 11.9. The molecule has 1 aliphatic rings. The molecule has 1 unspecified atom stereocenters. The molecule has 6 heteroatoms. The molecule has 1 atom stereocenters. The zero-order valence-electron chi connectivity index (χ0n) is 10.5. The lowest BCUT2D eigenvalue weighted by molar-refractivity contribution is -0.132. The molecular weight excluding hydrogens is 246 g/mol. The SMILES string of the molecule is NC(=O)C1CCN(C(=O)COc2ccccc2N)C1. The number of carbonyl (C=O) groups excluding carboxylic acids is 2. The third kappa shape index (κ3) is 3.15. The fraction of sp³-hybridized carbons (Fsp3) is 0.385. The maximum atomic E-state index is 11.9. The Kier molecular flexibility index (Phi) is 3.89. The number of amides is 2. The van der Waals surface area contributed by atoms with E-state index in [1.54, 1.807) is 29.2 Å². The van der Waals surface area contributed by atoms with Crippen molar-refractivity contribution < 1.29 is 14.3 Å². The van der Waals surface area contributed by atoms with Crippen LogP contribution < -0.4 is 16.2 Å². The summed E-state index contributed by atoms with van der Waals surface area (Å²) < 4.78 is 5.37. The lowest BCUT2D eigenvalue weighted by Gasteiger charge is -2.16. The molecule has 102 valence electrons. The number of carbonyl (C=O) groups is 2. The van der Waals surface area contributed by atoms with Crippen LogP contribution in [0.4, 0.5) is 5.69 Å². The summed E-state index contributed by atoms with van der Waals surface area (Å²) in [4.78, 5) is 24.5. The maximum Gasteiger partial charge on any atom is 0.260 e. The van der Waals surface area contributed by atoms with Crippen LogP contribution in [0.1, 0.15) is 6.42 Å². The number of hydrogen-bond acceptors (Lipinski definition) is 4. The second-order valence-corrected chi connectivity index (χ2v) is 4.55. The highest BCUT2D eigenvalue weighted by Crippen LogP contribution is 2.20. The van der Waals surface area contributed by atoms with Crippen molar-refractivity contribution >= 4 is 17.5 Å². The first-order valence-electron chi connectivity index (χ1n) is 6.12. The smallest absolute Gasteiger partial charge is 0.260 e. The first kappa shape index (κ1) is 13.2. The van der Waals surface area contributed by atoms with Gasteiger partial charge in [0.1, 0.15) is 5.75 Å². The lowest BCUT2D eigenvalue weighted by Crippen LogP contribution is -2.34. The van der Waals surface area contributed by atoms with Crippen LogP contribution in [0.3, 0.4) is 0 Å². The minimum absolute atomic E-state index is 0.0836. The number of likely N-dealkylation sites (tertiary alicyclic amines) is 1. The summed E-state index contributed by atoms with van der Waals surface area (Å²) in [6.45, 7) is 0.835. The van der Waals surface area contributed by atoms with Crippen molar-refractivity contribution in [1.29, 1.82) is 0 Å². The molecule has 6 nitrogen and oxygen atoms in total. The van der Waals surface area contributed by atoms with Gasteiger partial charge in [-0.3, -0.25) is 9.59 Å². The fourth-order valence-corrected chi connectivity index (χ4v) is 2.06. The number of nitrogen functional groups attached to an aromatic ring is 1. The summed E-state index contributed by atoms with van der Waals surface area (Å²) in [5.74, 6) is -0.275. The Morgan fingerprint density at radius 1 is 1.37 bits per heavy atom. The Bertz CT molecular complexity index is 490. The molecule has 19 heavy (non-hydrogen) atoms. The van der Waals surface area contributed by atoms with E-state index in [0.29, 0.717) is 30.9 Å². The first-order chi connectivity index (χ1) is 9.08. The third-order valence-corrected chi connectivity index (χ3v) is 3.21. The number of nitrogens with zero attached hydrogens (tertiary/aromatic N) is 1. The molecule has 2 amide bonds. The van der Waals surface area contributed by atoms with E-state index in [-0.39, 0.29) is 24.3 Å². The highest BCUT2D eigenvalue weighted by molar-refractivity contribution is 5.81. The molecule has 1 aromatic rings. The monoisotopic (exact) mass is 263 g/mol. The average molecular weight is 263 g/mol. The molecule has 1 heterocycles. The van der Waals surface area contributed by atoms with Gasteiger partial charge >= 0.3 is 0 Å². The molecule has 0 radical (unpaired) electrons. The second kappa shape index (κ2) is 5.60. The summed E-state index contributed by atoms with van der Waals surface area (Å²) >= 11 is 0. The van der Waals surface area contributed by atoms with E-state index in [1.807, 2.05) is 0 Å². The Morgan fingerprint density at radius 2 is 2.11 bits per heavy atom. The second-order valence-electron chi connectivity index (χ2n) is 4.55. The number of primary amides is 1. The standard InChI is InChI=1S/C13H17N3O3/c14-10-3-1-2-4-11(10)19-8-12(17)16-6-5-9(7-16)13(15)18/h1-4,9H,5-8,14H2,(H2,15,18). The van der Waals surface area contributed by atoms with Crippen molar-refractivity contribution in [3.8, 4) is 5.75 Å².